The quantitative estimate of drug-likeness (QED) is 0.225. The highest BCUT2D eigenvalue weighted by Gasteiger charge is 2.17. The van der Waals surface area contributed by atoms with E-state index in [1.54, 1.807) is 0 Å². The van der Waals surface area contributed by atoms with Crippen LogP contribution in [0.25, 0.3) is 16.3 Å². The van der Waals surface area contributed by atoms with Crippen molar-refractivity contribution in [3.63, 3.8) is 0 Å². The van der Waals surface area contributed by atoms with Gasteiger partial charge in [0.15, 0.2) is 0 Å². The lowest BCUT2D eigenvalue weighted by molar-refractivity contribution is -0.134. The van der Waals surface area contributed by atoms with Gasteiger partial charge in [0.25, 0.3) is 0 Å². The summed E-state index contributed by atoms with van der Waals surface area (Å²) in [6.45, 7) is 6.85. The van der Waals surface area contributed by atoms with Crippen molar-refractivity contribution in [1.82, 2.24) is 0 Å². The Morgan fingerprint density at radius 2 is 1.87 bits per heavy atom. The number of carbonyl (C=O) groups excluding carboxylic acids is 1. The Kier molecular flexibility index (Phi) is 8.54. The van der Waals surface area contributed by atoms with Crippen molar-refractivity contribution in [2.75, 3.05) is 0 Å². The molecule has 0 saturated carbocycles. The number of unbranched alkanes of at least 4 members (excludes halogenated alkanes) is 3. The molecule has 0 N–H and O–H groups in total. The van der Waals surface area contributed by atoms with Crippen molar-refractivity contribution >= 4 is 22.3 Å². The second kappa shape index (κ2) is 11.3. The molecule has 2 aromatic rings. The van der Waals surface area contributed by atoms with Crippen LogP contribution in [-0.4, -0.2) is 5.97 Å². The molecular weight excluding hydrogens is 368 g/mol. The lowest BCUT2D eigenvalue weighted by Gasteiger charge is -2.24. The maximum atomic E-state index is 12.1. The average Bonchev–Trinajstić information content (AvgIpc) is 2.77. The number of rotatable bonds is 10. The van der Waals surface area contributed by atoms with E-state index in [9.17, 15) is 4.79 Å². The zero-order valence-corrected chi connectivity index (χ0v) is 19.1. The normalized spacial score (nSPS) is 17.6. The third-order valence-electron chi connectivity index (χ3n) is 6.60. The molecule has 0 radical (unpaired) electrons. The number of ether oxygens (including phenoxy) is 1. The second-order valence-corrected chi connectivity index (χ2v) is 9.13. The van der Waals surface area contributed by atoms with E-state index in [1.165, 1.54) is 61.5 Å². The van der Waals surface area contributed by atoms with E-state index in [4.69, 9.17) is 4.74 Å². The molecule has 1 aliphatic rings. The number of fused-ring (bicyclic) bond motifs is 1. The van der Waals surface area contributed by atoms with E-state index < -0.39 is 0 Å². The lowest BCUT2D eigenvalue weighted by Crippen LogP contribution is -2.09. The fourth-order valence-electron chi connectivity index (χ4n) is 4.47. The highest BCUT2D eigenvalue weighted by molar-refractivity contribution is 5.88. The molecule has 162 valence electrons. The highest BCUT2D eigenvalue weighted by Crippen LogP contribution is 2.35. The minimum Gasteiger partial charge on any atom is -0.427 e. The van der Waals surface area contributed by atoms with Gasteiger partial charge in [-0.3, -0.25) is 4.79 Å². The molecule has 2 aromatic carbocycles. The Morgan fingerprint density at radius 1 is 1.07 bits per heavy atom. The minimum absolute atomic E-state index is 0.124. The first-order valence-corrected chi connectivity index (χ1v) is 12.0. The summed E-state index contributed by atoms with van der Waals surface area (Å²) in [5.41, 5.74) is 2.82. The predicted molar refractivity (Wildman–Crippen MR) is 128 cm³/mol. The monoisotopic (exact) mass is 406 g/mol. The Bertz CT molecular complexity index is 864. The van der Waals surface area contributed by atoms with E-state index >= 15 is 0 Å². The van der Waals surface area contributed by atoms with Crippen LogP contribution in [0.1, 0.15) is 90.5 Å². The van der Waals surface area contributed by atoms with Gasteiger partial charge < -0.3 is 4.74 Å². The van der Waals surface area contributed by atoms with Gasteiger partial charge in [0.1, 0.15) is 5.75 Å². The van der Waals surface area contributed by atoms with Gasteiger partial charge in [0.2, 0.25) is 0 Å². The molecule has 0 saturated heterocycles. The predicted octanol–water partition coefficient (Wildman–Crippen LogP) is 8.34. The Labute approximate surface area is 182 Å². The molecule has 0 bridgehead atoms. The van der Waals surface area contributed by atoms with Crippen molar-refractivity contribution in [2.24, 2.45) is 11.8 Å². The van der Waals surface area contributed by atoms with Crippen molar-refractivity contribution in [2.45, 2.75) is 85.0 Å². The van der Waals surface area contributed by atoms with Crippen molar-refractivity contribution in [3.8, 4) is 5.75 Å². The molecule has 0 aromatic heterocycles. The number of esters is 1. The molecule has 2 unspecified atom stereocenters. The summed E-state index contributed by atoms with van der Waals surface area (Å²) < 4.78 is 5.55. The van der Waals surface area contributed by atoms with Crippen molar-refractivity contribution < 1.29 is 9.53 Å². The van der Waals surface area contributed by atoms with E-state index in [-0.39, 0.29) is 5.97 Å². The number of hydrogen-bond acceptors (Lipinski definition) is 2. The van der Waals surface area contributed by atoms with Crippen LogP contribution in [0.4, 0.5) is 0 Å². The van der Waals surface area contributed by atoms with Crippen LogP contribution in [0.3, 0.4) is 0 Å². The maximum absolute atomic E-state index is 12.1. The van der Waals surface area contributed by atoms with E-state index in [0.717, 1.165) is 30.1 Å². The third-order valence-corrected chi connectivity index (χ3v) is 6.60. The SMILES string of the molecule is CCCCCCC(=O)Oc1ccc2cc(C3=CCC(CC(C)CC)CC3)ccc2c1. The molecule has 0 amide bonds. The molecule has 0 heterocycles. The smallest absolute Gasteiger partial charge is 0.311 e. The van der Waals surface area contributed by atoms with E-state index in [1.807, 2.05) is 12.1 Å². The molecule has 1 aliphatic carbocycles. The highest BCUT2D eigenvalue weighted by atomic mass is 16.5. The molecule has 2 heteroatoms. The molecular formula is C28H38O2. The topological polar surface area (TPSA) is 26.3 Å². The van der Waals surface area contributed by atoms with Crippen molar-refractivity contribution in [1.29, 1.82) is 0 Å². The zero-order valence-electron chi connectivity index (χ0n) is 19.1. The standard InChI is InChI=1S/C28H38O2/c1-4-6-7-8-9-28(29)30-27-17-16-25-19-24(14-15-26(25)20-27)23-12-10-22(11-13-23)18-21(3)5-2/h12,14-17,19-22H,4-11,13,18H2,1-3H3. The van der Waals surface area contributed by atoms with Crippen LogP contribution in [0, 0.1) is 11.8 Å². The third kappa shape index (κ3) is 6.45. The van der Waals surface area contributed by atoms with Gasteiger partial charge in [-0.15, -0.1) is 0 Å². The fraction of sp³-hybridized carbons (Fsp3) is 0.536. The van der Waals surface area contributed by atoms with Gasteiger partial charge in [-0.25, -0.2) is 0 Å². The van der Waals surface area contributed by atoms with Gasteiger partial charge in [-0.2, -0.15) is 0 Å². The van der Waals surface area contributed by atoms with Gasteiger partial charge >= 0.3 is 5.97 Å². The molecule has 2 atom stereocenters. The first kappa shape index (κ1) is 22.6. The summed E-state index contributed by atoms with van der Waals surface area (Å²) >= 11 is 0. The summed E-state index contributed by atoms with van der Waals surface area (Å²) in [6, 6.07) is 12.7. The molecule has 0 fully saturated rings. The van der Waals surface area contributed by atoms with Gasteiger partial charge in [-0.05, 0) is 84.0 Å². The fourth-order valence-corrected chi connectivity index (χ4v) is 4.47. The van der Waals surface area contributed by atoms with E-state index in [2.05, 4.69) is 51.1 Å². The van der Waals surface area contributed by atoms with Gasteiger partial charge in [0.05, 0.1) is 0 Å². The van der Waals surface area contributed by atoms with Crippen LogP contribution in [-0.2, 0) is 4.79 Å². The average molecular weight is 407 g/mol. The number of carbonyl (C=O) groups is 1. The Balaban J connectivity index is 1.61. The number of hydrogen-bond donors (Lipinski definition) is 0. The molecule has 2 nitrogen and oxygen atoms in total. The molecule has 0 aliphatic heterocycles. The van der Waals surface area contributed by atoms with E-state index in [0.29, 0.717) is 12.2 Å². The summed E-state index contributed by atoms with van der Waals surface area (Å²) in [6.07, 6.45) is 13.7. The first-order valence-electron chi connectivity index (χ1n) is 12.0. The Hall–Kier alpha value is -2.09. The van der Waals surface area contributed by atoms with Gasteiger partial charge in [-0.1, -0.05) is 70.7 Å². The summed E-state index contributed by atoms with van der Waals surface area (Å²) in [4.78, 5) is 12.1. The van der Waals surface area contributed by atoms with Crippen molar-refractivity contribution in [3.05, 3.63) is 48.0 Å². The molecule has 3 rings (SSSR count). The summed E-state index contributed by atoms with van der Waals surface area (Å²) in [5.74, 6) is 2.22. The minimum atomic E-state index is -0.124. The lowest BCUT2D eigenvalue weighted by atomic mass is 9.81. The number of benzene rings is 2. The van der Waals surface area contributed by atoms with Crippen LogP contribution >= 0.6 is 0 Å². The molecule has 0 spiro atoms. The van der Waals surface area contributed by atoms with Crippen LogP contribution in [0.15, 0.2) is 42.5 Å². The largest absolute Gasteiger partial charge is 0.427 e. The second-order valence-electron chi connectivity index (χ2n) is 9.13. The first-order chi connectivity index (χ1) is 14.6. The Morgan fingerprint density at radius 3 is 2.60 bits per heavy atom. The van der Waals surface area contributed by atoms with Crippen LogP contribution in [0.2, 0.25) is 0 Å². The number of allylic oxidation sites excluding steroid dienone is 2. The molecule has 30 heavy (non-hydrogen) atoms. The maximum Gasteiger partial charge on any atom is 0.311 e. The van der Waals surface area contributed by atoms with Crippen LogP contribution < -0.4 is 4.74 Å². The summed E-state index contributed by atoms with van der Waals surface area (Å²) in [5, 5.41) is 2.33. The van der Waals surface area contributed by atoms with Gasteiger partial charge in [0, 0.05) is 6.42 Å². The van der Waals surface area contributed by atoms with Crippen LogP contribution in [0.5, 0.6) is 5.75 Å². The summed E-state index contributed by atoms with van der Waals surface area (Å²) in [7, 11) is 0. The zero-order chi connectivity index (χ0) is 21.3.